The molecule has 3 aromatic heterocycles. The van der Waals surface area contributed by atoms with Gasteiger partial charge < -0.3 is 4.90 Å². The van der Waals surface area contributed by atoms with Crippen molar-refractivity contribution in [3.05, 3.63) is 40.3 Å². The second kappa shape index (κ2) is 5.51. The first-order valence-corrected chi connectivity index (χ1v) is 7.04. The van der Waals surface area contributed by atoms with Crippen molar-refractivity contribution in [2.45, 2.75) is 6.54 Å². The van der Waals surface area contributed by atoms with Crippen LogP contribution in [0.2, 0.25) is 5.28 Å². The van der Waals surface area contributed by atoms with Gasteiger partial charge in [-0.1, -0.05) is 0 Å². The summed E-state index contributed by atoms with van der Waals surface area (Å²) in [7, 11) is 1.87. The Morgan fingerprint density at radius 3 is 2.95 bits per heavy atom. The summed E-state index contributed by atoms with van der Waals surface area (Å²) in [5, 5.41) is 6.19. The molecule has 0 aromatic carbocycles. The molecular weight excluding hydrogens is 298 g/mol. The molecule has 0 saturated heterocycles. The number of rotatable bonds is 4. The minimum absolute atomic E-state index is 0.130. The van der Waals surface area contributed by atoms with Crippen LogP contribution in [0.15, 0.2) is 29.4 Å². The minimum atomic E-state index is 0.130. The molecule has 0 fully saturated rings. The third-order valence-electron chi connectivity index (χ3n) is 2.52. The Kier molecular flexibility index (Phi) is 3.57. The van der Waals surface area contributed by atoms with Gasteiger partial charge in [-0.2, -0.15) is 20.1 Å². The number of aromatic nitrogens is 6. The van der Waals surface area contributed by atoms with Crippen LogP contribution < -0.4 is 4.90 Å². The first-order valence-electron chi connectivity index (χ1n) is 5.72. The molecule has 102 valence electrons. The van der Waals surface area contributed by atoms with Crippen molar-refractivity contribution in [3.8, 4) is 5.95 Å². The molecule has 0 N–H and O–H groups in total. The molecule has 0 atom stereocenters. The van der Waals surface area contributed by atoms with E-state index in [0.29, 0.717) is 18.4 Å². The molecule has 0 aliphatic carbocycles. The normalized spacial score (nSPS) is 10.7. The van der Waals surface area contributed by atoms with Gasteiger partial charge in [0, 0.05) is 24.8 Å². The summed E-state index contributed by atoms with van der Waals surface area (Å²) in [6.07, 6.45) is 3.40. The zero-order valence-corrected chi connectivity index (χ0v) is 12.1. The second-order valence-electron chi connectivity index (χ2n) is 3.99. The first kappa shape index (κ1) is 12.9. The molecular formula is C11H10ClN7S. The van der Waals surface area contributed by atoms with E-state index >= 15 is 0 Å². The van der Waals surface area contributed by atoms with Crippen LogP contribution in [0.3, 0.4) is 0 Å². The van der Waals surface area contributed by atoms with Crippen molar-refractivity contribution >= 4 is 28.9 Å². The van der Waals surface area contributed by atoms with E-state index in [1.54, 1.807) is 35.3 Å². The van der Waals surface area contributed by atoms with Gasteiger partial charge in [0.25, 0.3) is 5.95 Å². The number of hydrogen-bond acceptors (Lipinski definition) is 7. The number of anilines is 1. The molecule has 0 saturated carbocycles. The summed E-state index contributed by atoms with van der Waals surface area (Å²) in [6, 6.07) is 1.79. The molecule has 7 nitrogen and oxygen atoms in total. The first-order chi connectivity index (χ1) is 9.72. The highest BCUT2D eigenvalue weighted by molar-refractivity contribution is 7.07. The van der Waals surface area contributed by atoms with E-state index in [0.717, 1.165) is 5.69 Å². The maximum atomic E-state index is 5.95. The average molecular weight is 308 g/mol. The van der Waals surface area contributed by atoms with Gasteiger partial charge >= 0.3 is 0 Å². The maximum Gasteiger partial charge on any atom is 0.256 e. The van der Waals surface area contributed by atoms with Gasteiger partial charge in [-0.15, -0.1) is 11.3 Å². The van der Waals surface area contributed by atoms with Crippen molar-refractivity contribution in [1.29, 1.82) is 0 Å². The molecule has 0 bridgehead atoms. The Morgan fingerprint density at radius 2 is 2.25 bits per heavy atom. The lowest BCUT2D eigenvalue weighted by Gasteiger charge is -2.16. The number of halogens is 1. The SMILES string of the molecule is CN(Cc1cscn1)c1nc(Cl)nc(-n2cccn2)n1. The van der Waals surface area contributed by atoms with E-state index in [4.69, 9.17) is 11.6 Å². The molecule has 0 spiro atoms. The molecule has 0 radical (unpaired) electrons. The summed E-state index contributed by atoms with van der Waals surface area (Å²) < 4.78 is 1.54. The molecule has 20 heavy (non-hydrogen) atoms. The quantitative estimate of drug-likeness (QED) is 0.732. The third-order valence-corrected chi connectivity index (χ3v) is 3.32. The molecule has 3 rings (SSSR count). The Balaban J connectivity index is 1.89. The van der Waals surface area contributed by atoms with Crippen molar-refractivity contribution in [2.24, 2.45) is 0 Å². The lowest BCUT2D eigenvalue weighted by molar-refractivity contribution is 0.769. The number of thiazole rings is 1. The van der Waals surface area contributed by atoms with E-state index in [1.165, 1.54) is 4.68 Å². The second-order valence-corrected chi connectivity index (χ2v) is 5.05. The molecule has 0 amide bonds. The van der Waals surface area contributed by atoms with E-state index < -0.39 is 0 Å². The van der Waals surface area contributed by atoms with Crippen LogP contribution in [0.25, 0.3) is 5.95 Å². The van der Waals surface area contributed by atoms with Crippen molar-refractivity contribution < 1.29 is 0 Å². The molecule has 0 unspecified atom stereocenters. The predicted octanol–water partition coefficient (Wildman–Crippen LogP) is 1.80. The van der Waals surface area contributed by atoms with Crippen molar-refractivity contribution in [1.82, 2.24) is 29.7 Å². The van der Waals surface area contributed by atoms with Crippen molar-refractivity contribution in [2.75, 3.05) is 11.9 Å². The van der Waals surface area contributed by atoms with Gasteiger partial charge in [-0.3, -0.25) is 0 Å². The Hall–Kier alpha value is -2.06. The summed E-state index contributed by atoms with van der Waals surface area (Å²) in [5.74, 6) is 0.860. The fourth-order valence-electron chi connectivity index (χ4n) is 1.62. The lowest BCUT2D eigenvalue weighted by Crippen LogP contribution is -2.20. The lowest BCUT2D eigenvalue weighted by atomic mass is 10.4. The summed E-state index contributed by atoms with van der Waals surface area (Å²) in [6.45, 7) is 0.600. The molecule has 3 aromatic rings. The summed E-state index contributed by atoms with van der Waals surface area (Å²) in [5.41, 5.74) is 2.74. The average Bonchev–Trinajstić information content (AvgIpc) is 3.11. The van der Waals surface area contributed by atoms with Gasteiger partial charge in [-0.05, 0) is 17.7 Å². The Bertz CT molecular complexity index is 683. The fraction of sp³-hybridized carbons (Fsp3) is 0.182. The van der Waals surface area contributed by atoms with Crippen LogP contribution >= 0.6 is 22.9 Å². The van der Waals surface area contributed by atoms with E-state index in [1.807, 2.05) is 17.3 Å². The highest BCUT2D eigenvalue weighted by atomic mass is 35.5. The Morgan fingerprint density at radius 1 is 1.35 bits per heavy atom. The zero-order chi connectivity index (χ0) is 13.9. The van der Waals surface area contributed by atoms with Gasteiger partial charge in [0.1, 0.15) is 0 Å². The zero-order valence-electron chi connectivity index (χ0n) is 10.5. The summed E-state index contributed by atoms with van der Waals surface area (Å²) >= 11 is 7.50. The van der Waals surface area contributed by atoms with Crippen LogP contribution in [-0.4, -0.2) is 36.8 Å². The maximum absolute atomic E-state index is 5.95. The van der Waals surface area contributed by atoms with Gasteiger partial charge in [0.05, 0.1) is 17.7 Å². The molecule has 0 aliphatic heterocycles. The molecule has 0 aliphatic rings. The number of hydrogen-bond donors (Lipinski definition) is 0. The van der Waals surface area contributed by atoms with E-state index in [2.05, 4.69) is 25.0 Å². The predicted molar refractivity (Wildman–Crippen MR) is 76.2 cm³/mol. The fourth-order valence-corrected chi connectivity index (χ4v) is 2.32. The van der Waals surface area contributed by atoms with Crippen LogP contribution in [0.4, 0.5) is 5.95 Å². The van der Waals surface area contributed by atoms with E-state index in [9.17, 15) is 0 Å². The smallest absolute Gasteiger partial charge is 0.256 e. The third kappa shape index (κ3) is 2.75. The highest BCUT2D eigenvalue weighted by Crippen LogP contribution is 2.14. The van der Waals surface area contributed by atoms with Gasteiger partial charge in [0.15, 0.2) is 0 Å². The van der Waals surface area contributed by atoms with Gasteiger partial charge in [-0.25, -0.2) is 9.67 Å². The topological polar surface area (TPSA) is 72.6 Å². The monoisotopic (exact) mass is 307 g/mol. The standard InChI is InChI=1S/C11H10ClN7S/c1-18(5-8-6-20-7-13-8)10-15-9(12)16-11(17-10)19-4-2-3-14-19/h2-4,6-7H,5H2,1H3. The largest absolute Gasteiger partial charge is 0.338 e. The summed E-state index contributed by atoms with van der Waals surface area (Å²) in [4.78, 5) is 18.6. The highest BCUT2D eigenvalue weighted by Gasteiger charge is 2.12. The van der Waals surface area contributed by atoms with E-state index in [-0.39, 0.29) is 5.28 Å². The van der Waals surface area contributed by atoms with Crippen LogP contribution in [0.5, 0.6) is 0 Å². The van der Waals surface area contributed by atoms with Crippen LogP contribution in [0, 0.1) is 0 Å². The van der Waals surface area contributed by atoms with Gasteiger partial charge in [0.2, 0.25) is 11.2 Å². The minimum Gasteiger partial charge on any atom is -0.338 e. The number of nitrogens with zero attached hydrogens (tertiary/aromatic N) is 7. The van der Waals surface area contributed by atoms with Crippen LogP contribution in [0.1, 0.15) is 5.69 Å². The Labute approximate surface area is 123 Å². The van der Waals surface area contributed by atoms with Crippen molar-refractivity contribution in [3.63, 3.8) is 0 Å². The molecule has 9 heteroatoms. The molecule has 3 heterocycles. The van der Waals surface area contributed by atoms with Crippen LogP contribution in [-0.2, 0) is 6.54 Å².